The Hall–Kier alpha value is -2.60. The number of nitrogens with zero attached hydrogens (tertiary/aromatic N) is 1. The Morgan fingerprint density at radius 2 is 1.95 bits per heavy atom. The van der Waals surface area contributed by atoms with Crippen molar-refractivity contribution in [3.8, 4) is 5.75 Å². The van der Waals surface area contributed by atoms with E-state index in [1.54, 1.807) is 6.07 Å². The quantitative estimate of drug-likeness (QED) is 0.496. The first kappa shape index (κ1) is 13.8. The third-order valence-electron chi connectivity index (χ3n) is 2.87. The van der Waals surface area contributed by atoms with E-state index in [1.165, 1.54) is 12.1 Å². The fourth-order valence-corrected chi connectivity index (χ4v) is 1.75. The van der Waals surface area contributed by atoms with Crippen LogP contribution in [0.3, 0.4) is 0 Å². The van der Waals surface area contributed by atoms with Crippen LogP contribution >= 0.6 is 0 Å². The van der Waals surface area contributed by atoms with Crippen LogP contribution < -0.4 is 16.0 Å². The Morgan fingerprint density at radius 3 is 2.55 bits per heavy atom. The lowest BCUT2D eigenvalue weighted by atomic mass is 10.1. The lowest BCUT2D eigenvalue weighted by Crippen LogP contribution is -2.10. The molecule has 0 atom stereocenters. The smallest absolute Gasteiger partial charge is 0.269 e. The van der Waals surface area contributed by atoms with Gasteiger partial charge in [0.25, 0.3) is 5.69 Å². The maximum atomic E-state index is 10.8. The van der Waals surface area contributed by atoms with Crippen molar-refractivity contribution in [2.24, 2.45) is 5.84 Å². The van der Waals surface area contributed by atoms with Crippen LogP contribution in [-0.2, 0) is 6.61 Å². The Labute approximate surface area is 116 Å². The predicted octanol–water partition coefficient (Wildman–Crippen LogP) is 2.77. The van der Waals surface area contributed by atoms with Gasteiger partial charge in [-0.05, 0) is 25.1 Å². The highest BCUT2D eigenvalue weighted by atomic mass is 16.6. The monoisotopic (exact) mass is 273 g/mol. The summed E-state index contributed by atoms with van der Waals surface area (Å²) in [5.41, 5.74) is 4.87. The zero-order valence-corrected chi connectivity index (χ0v) is 11.0. The number of non-ortho nitro benzene ring substituents is 1. The number of hydrogen-bond donors (Lipinski definition) is 2. The highest BCUT2D eigenvalue weighted by Crippen LogP contribution is 2.23. The molecule has 0 saturated carbocycles. The molecule has 0 saturated heterocycles. The van der Waals surface area contributed by atoms with E-state index >= 15 is 0 Å². The van der Waals surface area contributed by atoms with Gasteiger partial charge < -0.3 is 10.2 Å². The van der Waals surface area contributed by atoms with Gasteiger partial charge in [-0.2, -0.15) is 0 Å². The number of ether oxygens (including phenoxy) is 1. The number of hydrogen-bond acceptors (Lipinski definition) is 5. The van der Waals surface area contributed by atoms with Crippen molar-refractivity contribution in [2.75, 3.05) is 5.43 Å². The van der Waals surface area contributed by atoms with Gasteiger partial charge in [-0.25, -0.2) is 0 Å². The number of nitrogens with two attached hydrogens (primary N) is 1. The minimum Gasteiger partial charge on any atom is -0.489 e. The summed E-state index contributed by atoms with van der Waals surface area (Å²) >= 11 is 0. The summed E-state index contributed by atoms with van der Waals surface area (Å²) in [5, 5.41) is 10.8. The van der Waals surface area contributed by atoms with Gasteiger partial charge in [0.1, 0.15) is 12.4 Å². The third-order valence-corrected chi connectivity index (χ3v) is 2.87. The number of nitrogen functional groups attached to an aromatic ring is 1. The Bertz CT molecular complexity index is 612. The topological polar surface area (TPSA) is 90.4 Å². The summed E-state index contributed by atoms with van der Waals surface area (Å²) in [6, 6.07) is 12.0. The van der Waals surface area contributed by atoms with E-state index in [1.807, 2.05) is 31.2 Å². The predicted molar refractivity (Wildman–Crippen MR) is 76.4 cm³/mol. The van der Waals surface area contributed by atoms with Gasteiger partial charge in [0, 0.05) is 17.7 Å². The van der Waals surface area contributed by atoms with Gasteiger partial charge in [-0.1, -0.05) is 17.7 Å². The summed E-state index contributed by atoms with van der Waals surface area (Å²) in [7, 11) is 0. The molecule has 0 radical (unpaired) electrons. The zero-order chi connectivity index (χ0) is 14.5. The number of nitro groups is 1. The number of benzene rings is 2. The first-order chi connectivity index (χ1) is 9.60. The van der Waals surface area contributed by atoms with Gasteiger partial charge in [-0.3, -0.25) is 16.0 Å². The van der Waals surface area contributed by atoms with Crippen LogP contribution in [0.2, 0.25) is 0 Å². The molecule has 0 spiro atoms. The number of aryl methyl sites for hydroxylation is 1. The maximum absolute atomic E-state index is 10.8. The molecule has 0 amide bonds. The van der Waals surface area contributed by atoms with E-state index in [2.05, 4.69) is 5.43 Å². The first-order valence-corrected chi connectivity index (χ1v) is 6.03. The standard InChI is InChI=1S/C14H15N3O3/c1-10-2-5-13(6-3-10)20-9-11-8-12(17(18)19)4-7-14(11)16-15/h2-8,16H,9,15H2,1H3. The Morgan fingerprint density at radius 1 is 1.25 bits per heavy atom. The first-order valence-electron chi connectivity index (χ1n) is 6.03. The highest BCUT2D eigenvalue weighted by molar-refractivity contribution is 5.55. The van der Waals surface area contributed by atoms with Gasteiger partial charge in [0.15, 0.2) is 0 Å². The van der Waals surface area contributed by atoms with Crippen LogP contribution in [0.25, 0.3) is 0 Å². The number of hydrazine groups is 1. The van der Waals surface area contributed by atoms with E-state index in [0.29, 0.717) is 17.0 Å². The third kappa shape index (κ3) is 3.24. The normalized spacial score (nSPS) is 10.1. The average Bonchev–Trinajstić information content (AvgIpc) is 2.46. The fourth-order valence-electron chi connectivity index (χ4n) is 1.75. The van der Waals surface area contributed by atoms with Gasteiger partial charge >= 0.3 is 0 Å². The fraction of sp³-hybridized carbons (Fsp3) is 0.143. The molecule has 20 heavy (non-hydrogen) atoms. The van der Waals surface area contributed by atoms with Crippen LogP contribution in [0.1, 0.15) is 11.1 Å². The van der Waals surface area contributed by atoms with Crippen molar-refractivity contribution < 1.29 is 9.66 Å². The molecule has 2 rings (SSSR count). The van der Waals surface area contributed by atoms with Crippen molar-refractivity contribution in [1.82, 2.24) is 0 Å². The second-order valence-corrected chi connectivity index (χ2v) is 4.34. The molecule has 0 aliphatic heterocycles. The molecule has 104 valence electrons. The molecule has 3 N–H and O–H groups in total. The number of nitrogens with one attached hydrogen (secondary N) is 1. The molecular formula is C14H15N3O3. The number of anilines is 1. The van der Waals surface area contributed by atoms with Crippen LogP contribution in [0.5, 0.6) is 5.75 Å². The molecule has 0 aliphatic rings. The maximum Gasteiger partial charge on any atom is 0.269 e. The lowest BCUT2D eigenvalue weighted by molar-refractivity contribution is -0.384. The molecular weight excluding hydrogens is 258 g/mol. The van der Waals surface area contributed by atoms with E-state index in [-0.39, 0.29) is 12.3 Å². The van der Waals surface area contributed by atoms with Crippen molar-refractivity contribution in [1.29, 1.82) is 0 Å². The van der Waals surface area contributed by atoms with Crippen molar-refractivity contribution >= 4 is 11.4 Å². The van der Waals surface area contributed by atoms with Crippen molar-refractivity contribution in [2.45, 2.75) is 13.5 Å². The van der Waals surface area contributed by atoms with Gasteiger partial charge in [0.2, 0.25) is 0 Å². The second kappa shape index (κ2) is 6.03. The number of rotatable bonds is 5. The molecule has 6 heteroatoms. The van der Waals surface area contributed by atoms with E-state index < -0.39 is 4.92 Å². The van der Waals surface area contributed by atoms with Crippen LogP contribution in [-0.4, -0.2) is 4.92 Å². The highest BCUT2D eigenvalue weighted by Gasteiger charge is 2.10. The minimum absolute atomic E-state index is 0.00602. The van der Waals surface area contributed by atoms with E-state index in [0.717, 1.165) is 5.56 Å². The molecule has 0 aliphatic carbocycles. The minimum atomic E-state index is -0.449. The molecule has 0 unspecified atom stereocenters. The van der Waals surface area contributed by atoms with Crippen LogP contribution in [0, 0.1) is 17.0 Å². The molecule has 6 nitrogen and oxygen atoms in total. The SMILES string of the molecule is Cc1ccc(OCc2cc([N+](=O)[O-])ccc2NN)cc1. The van der Waals surface area contributed by atoms with Gasteiger partial charge in [-0.15, -0.1) is 0 Å². The molecule has 2 aromatic carbocycles. The summed E-state index contributed by atoms with van der Waals surface area (Å²) in [6.45, 7) is 2.19. The zero-order valence-electron chi connectivity index (χ0n) is 11.0. The van der Waals surface area contributed by atoms with Crippen molar-refractivity contribution in [3.05, 3.63) is 63.7 Å². The van der Waals surface area contributed by atoms with Gasteiger partial charge in [0.05, 0.1) is 10.6 Å². The largest absolute Gasteiger partial charge is 0.489 e. The summed E-state index contributed by atoms with van der Waals surface area (Å²) in [6.07, 6.45) is 0. The van der Waals surface area contributed by atoms with E-state index in [9.17, 15) is 10.1 Å². The van der Waals surface area contributed by atoms with E-state index in [4.69, 9.17) is 10.6 Å². The Kier molecular flexibility index (Phi) is 4.17. The Balaban J connectivity index is 2.16. The summed E-state index contributed by atoms with van der Waals surface area (Å²) in [5.74, 6) is 6.09. The van der Waals surface area contributed by atoms with Crippen LogP contribution in [0.15, 0.2) is 42.5 Å². The molecule has 0 fully saturated rings. The average molecular weight is 273 g/mol. The lowest BCUT2D eigenvalue weighted by Gasteiger charge is -2.10. The number of nitro benzene ring substituents is 1. The summed E-state index contributed by atoms with van der Waals surface area (Å²) in [4.78, 5) is 10.3. The molecule has 0 heterocycles. The van der Waals surface area contributed by atoms with Crippen LogP contribution in [0.4, 0.5) is 11.4 Å². The molecule has 2 aromatic rings. The summed E-state index contributed by atoms with van der Waals surface area (Å²) < 4.78 is 5.61. The second-order valence-electron chi connectivity index (χ2n) is 4.34. The molecule has 0 aromatic heterocycles. The molecule has 0 bridgehead atoms. The van der Waals surface area contributed by atoms with Crippen molar-refractivity contribution in [3.63, 3.8) is 0 Å².